The molecule has 0 bridgehead atoms. The van der Waals surface area contributed by atoms with Crippen LogP contribution in [0.2, 0.25) is 0 Å². The summed E-state index contributed by atoms with van der Waals surface area (Å²) in [7, 11) is 0. The molecule has 2 aliphatic rings. The zero-order valence-electron chi connectivity index (χ0n) is 29.0. The number of anilines is 3. The van der Waals surface area contributed by atoms with Crippen LogP contribution in [0.5, 0.6) is 0 Å². The Kier molecular flexibility index (Phi) is 5.52. The van der Waals surface area contributed by atoms with E-state index in [9.17, 15) is 0 Å². The number of fused-ring (bicyclic) bond motifs is 12. The van der Waals surface area contributed by atoms with Gasteiger partial charge in [0.25, 0.3) is 0 Å². The van der Waals surface area contributed by atoms with Gasteiger partial charge in [-0.1, -0.05) is 107 Å². The summed E-state index contributed by atoms with van der Waals surface area (Å²) in [6, 6.07) is 50.6. The molecule has 2 aromatic heterocycles. The van der Waals surface area contributed by atoms with E-state index < -0.39 is 0 Å². The molecule has 0 radical (unpaired) electrons. The smallest absolute Gasteiger partial charge is 0.137 e. The third-order valence-corrected chi connectivity index (χ3v) is 11.9. The molecule has 244 valence electrons. The van der Waals surface area contributed by atoms with Gasteiger partial charge in [0.2, 0.25) is 0 Å². The third-order valence-electron chi connectivity index (χ3n) is 11.9. The first kappa shape index (κ1) is 28.7. The second-order valence-corrected chi connectivity index (χ2v) is 15.3. The van der Waals surface area contributed by atoms with E-state index in [0.29, 0.717) is 0 Å². The maximum absolute atomic E-state index is 6.78. The van der Waals surface area contributed by atoms with Gasteiger partial charge >= 0.3 is 0 Å². The number of benzene rings is 7. The van der Waals surface area contributed by atoms with Crippen molar-refractivity contribution in [3.63, 3.8) is 0 Å². The highest BCUT2D eigenvalue weighted by Gasteiger charge is 2.37. The van der Waals surface area contributed by atoms with Crippen LogP contribution in [0.3, 0.4) is 0 Å². The molecule has 0 saturated carbocycles. The summed E-state index contributed by atoms with van der Waals surface area (Å²) in [5.74, 6) is 0. The van der Waals surface area contributed by atoms with E-state index in [2.05, 4.69) is 166 Å². The van der Waals surface area contributed by atoms with Crippen LogP contribution in [0.15, 0.2) is 148 Å². The fraction of sp³-hybridized carbons (Fsp3) is 0.125. The number of hydrogen-bond acceptors (Lipinski definition) is 3. The Balaban J connectivity index is 1.15. The zero-order valence-corrected chi connectivity index (χ0v) is 29.0. The first-order chi connectivity index (χ1) is 24.8. The third kappa shape index (κ3) is 3.78. The van der Waals surface area contributed by atoms with Gasteiger partial charge in [0, 0.05) is 44.4 Å². The van der Waals surface area contributed by atoms with E-state index in [0.717, 1.165) is 60.9 Å². The molecule has 0 unspecified atom stereocenters. The lowest BCUT2D eigenvalue weighted by Gasteiger charge is -2.28. The molecule has 0 aliphatic heterocycles. The van der Waals surface area contributed by atoms with E-state index in [1.54, 1.807) is 0 Å². The molecule has 3 nitrogen and oxygen atoms in total. The predicted octanol–water partition coefficient (Wildman–Crippen LogP) is 13.6. The van der Waals surface area contributed by atoms with Crippen molar-refractivity contribution in [2.45, 2.75) is 38.5 Å². The highest BCUT2D eigenvalue weighted by Crippen LogP contribution is 2.53. The molecule has 7 aromatic carbocycles. The lowest BCUT2D eigenvalue weighted by atomic mass is 9.82. The van der Waals surface area contributed by atoms with E-state index in [-0.39, 0.29) is 10.8 Å². The van der Waals surface area contributed by atoms with Crippen molar-refractivity contribution in [2.75, 3.05) is 4.90 Å². The van der Waals surface area contributed by atoms with Crippen LogP contribution >= 0.6 is 0 Å². The Morgan fingerprint density at radius 2 is 0.980 bits per heavy atom. The topological polar surface area (TPSA) is 29.5 Å². The van der Waals surface area contributed by atoms with Crippen molar-refractivity contribution in [1.29, 1.82) is 0 Å². The van der Waals surface area contributed by atoms with E-state index in [1.165, 1.54) is 44.5 Å². The van der Waals surface area contributed by atoms with Crippen molar-refractivity contribution in [3.05, 3.63) is 162 Å². The predicted molar refractivity (Wildman–Crippen MR) is 211 cm³/mol. The molecular weight excluding hydrogens is 623 g/mol. The molecule has 0 atom stereocenters. The molecule has 0 fully saturated rings. The van der Waals surface area contributed by atoms with Gasteiger partial charge in [-0.3, -0.25) is 0 Å². The minimum Gasteiger partial charge on any atom is -0.456 e. The van der Waals surface area contributed by atoms with Crippen LogP contribution in [-0.4, -0.2) is 0 Å². The first-order valence-corrected chi connectivity index (χ1v) is 17.8. The van der Waals surface area contributed by atoms with Crippen molar-refractivity contribution in [2.24, 2.45) is 0 Å². The Bertz CT molecular complexity index is 2940. The molecule has 9 aromatic rings. The van der Waals surface area contributed by atoms with Crippen LogP contribution in [0.1, 0.15) is 49.9 Å². The van der Waals surface area contributed by atoms with Crippen LogP contribution in [0.4, 0.5) is 17.1 Å². The standard InChI is InChI=1S/C48H35NO2/c1-47(2)37-15-8-5-12-30(37)32-22-20-28(24-39(32)47)49(41-17-11-19-43-46(41)34-14-7-10-18-42(34)50-43)29-21-23-33-36-26-35-31-13-6-9-16-38(31)48(3,4)40(35)27-45(36)51-44(33)25-29/h5-27H,1-4H3. The Hall–Kier alpha value is -6.06. The number of hydrogen-bond donors (Lipinski definition) is 0. The Labute approximate surface area is 296 Å². The van der Waals surface area contributed by atoms with Gasteiger partial charge in [-0.15, -0.1) is 0 Å². The quantitative estimate of drug-likeness (QED) is 0.189. The Morgan fingerprint density at radius 3 is 1.78 bits per heavy atom. The van der Waals surface area contributed by atoms with Crippen molar-refractivity contribution < 1.29 is 8.83 Å². The number of para-hydroxylation sites is 1. The summed E-state index contributed by atoms with van der Waals surface area (Å²) >= 11 is 0. The summed E-state index contributed by atoms with van der Waals surface area (Å²) in [6.45, 7) is 9.32. The van der Waals surface area contributed by atoms with Gasteiger partial charge in [0.05, 0.1) is 11.1 Å². The molecule has 0 saturated heterocycles. The molecule has 3 heteroatoms. The molecule has 0 N–H and O–H groups in total. The van der Waals surface area contributed by atoms with E-state index in [1.807, 2.05) is 6.07 Å². The number of nitrogens with zero attached hydrogens (tertiary/aromatic N) is 1. The minimum atomic E-state index is -0.128. The molecule has 51 heavy (non-hydrogen) atoms. The van der Waals surface area contributed by atoms with Gasteiger partial charge in [-0.05, 0) is 99.1 Å². The van der Waals surface area contributed by atoms with Gasteiger partial charge < -0.3 is 13.7 Å². The largest absolute Gasteiger partial charge is 0.456 e. The van der Waals surface area contributed by atoms with Crippen LogP contribution < -0.4 is 4.90 Å². The van der Waals surface area contributed by atoms with Gasteiger partial charge in [0.1, 0.15) is 22.3 Å². The molecule has 0 amide bonds. The summed E-state index contributed by atoms with van der Waals surface area (Å²) in [6.07, 6.45) is 0. The summed E-state index contributed by atoms with van der Waals surface area (Å²) < 4.78 is 13.2. The zero-order chi connectivity index (χ0) is 34.2. The molecule has 2 heterocycles. The van der Waals surface area contributed by atoms with Gasteiger partial charge in [0.15, 0.2) is 0 Å². The summed E-state index contributed by atoms with van der Waals surface area (Å²) in [5, 5.41) is 4.47. The maximum atomic E-state index is 6.78. The van der Waals surface area contributed by atoms with E-state index >= 15 is 0 Å². The summed E-state index contributed by atoms with van der Waals surface area (Å²) in [5.41, 5.74) is 17.2. The van der Waals surface area contributed by atoms with Crippen LogP contribution in [-0.2, 0) is 10.8 Å². The Morgan fingerprint density at radius 1 is 0.392 bits per heavy atom. The second-order valence-electron chi connectivity index (χ2n) is 15.3. The molecule has 0 spiro atoms. The monoisotopic (exact) mass is 657 g/mol. The van der Waals surface area contributed by atoms with Crippen LogP contribution in [0.25, 0.3) is 66.1 Å². The van der Waals surface area contributed by atoms with Crippen molar-refractivity contribution >= 4 is 60.9 Å². The maximum Gasteiger partial charge on any atom is 0.137 e. The van der Waals surface area contributed by atoms with Crippen molar-refractivity contribution in [3.8, 4) is 22.3 Å². The normalized spacial score (nSPS) is 15.0. The first-order valence-electron chi connectivity index (χ1n) is 17.8. The molecular formula is C48H35NO2. The fourth-order valence-corrected chi connectivity index (χ4v) is 9.30. The van der Waals surface area contributed by atoms with Gasteiger partial charge in [-0.25, -0.2) is 0 Å². The molecule has 2 aliphatic carbocycles. The second kappa shape index (κ2) is 9.80. The lowest BCUT2D eigenvalue weighted by molar-refractivity contribution is 0.647. The highest BCUT2D eigenvalue weighted by molar-refractivity contribution is 6.14. The average Bonchev–Trinajstić information content (AvgIpc) is 3.84. The van der Waals surface area contributed by atoms with Crippen molar-refractivity contribution in [1.82, 2.24) is 0 Å². The van der Waals surface area contributed by atoms with Crippen LogP contribution in [0, 0.1) is 0 Å². The van der Waals surface area contributed by atoms with Gasteiger partial charge in [-0.2, -0.15) is 0 Å². The average molecular weight is 658 g/mol. The number of rotatable bonds is 3. The molecule has 11 rings (SSSR count). The SMILES string of the molecule is CC1(C)c2ccccc2-c2ccc(N(c3ccc4c(c3)oc3cc5c(cc34)-c3ccccc3C5(C)C)c3cccc4oc5ccccc5c34)cc21. The van der Waals surface area contributed by atoms with E-state index in [4.69, 9.17) is 8.83 Å². The summed E-state index contributed by atoms with van der Waals surface area (Å²) in [4.78, 5) is 2.38. The highest BCUT2D eigenvalue weighted by atomic mass is 16.3. The minimum absolute atomic E-state index is 0.0892. The number of furan rings is 2. The lowest BCUT2D eigenvalue weighted by Crippen LogP contribution is -2.16. The fourth-order valence-electron chi connectivity index (χ4n) is 9.30.